The van der Waals surface area contributed by atoms with E-state index in [9.17, 15) is 24.3 Å². The Morgan fingerprint density at radius 3 is 2.53 bits per heavy atom. The monoisotopic (exact) mass is 442 g/mol. The van der Waals surface area contributed by atoms with E-state index in [1.165, 1.54) is 6.20 Å². The minimum absolute atomic E-state index is 0.114. The zero-order valence-electron chi connectivity index (χ0n) is 16.9. The van der Waals surface area contributed by atoms with E-state index in [1.54, 1.807) is 24.3 Å². The molecule has 0 spiro atoms. The van der Waals surface area contributed by atoms with Gasteiger partial charge in [0.1, 0.15) is 0 Å². The molecule has 12 heteroatoms. The van der Waals surface area contributed by atoms with Gasteiger partial charge in [-0.2, -0.15) is 0 Å². The molecule has 0 aliphatic carbocycles. The predicted octanol–water partition coefficient (Wildman–Crippen LogP) is 0.625. The first kappa shape index (κ1) is 22.6. The number of anilines is 2. The molecule has 0 radical (unpaired) electrons. The maximum absolute atomic E-state index is 12.4. The minimum atomic E-state index is -1.20. The quantitative estimate of drug-likeness (QED) is 0.282. The number of ketones is 1. The Morgan fingerprint density at radius 1 is 1.16 bits per heavy atom. The minimum Gasteiger partial charge on any atom is -0.481 e. The molecule has 1 aliphatic heterocycles. The number of carboxylic acid groups (broad SMARTS) is 2. The summed E-state index contributed by atoms with van der Waals surface area (Å²) >= 11 is 0. The SMILES string of the molecule is NC1NC(=O)c2nc(CNc3ccc(C(=O)CC(CCC(=O)O)C(=O)O)cc3)cnc2N1. The third kappa shape index (κ3) is 5.76. The number of aromatic nitrogens is 2. The molecule has 32 heavy (non-hydrogen) atoms. The van der Waals surface area contributed by atoms with Crippen molar-refractivity contribution in [3.05, 3.63) is 47.4 Å². The van der Waals surface area contributed by atoms with Crippen LogP contribution in [0, 0.1) is 5.92 Å². The third-order valence-electron chi connectivity index (χ3n) is 4.78. The fourth-order valence-electron chi connectivity index (χ4n) is 3.09. The normalized spacial score (nSPS) is 15.7. The lowest BCUT2D eigenvalue weighted by Gasteiger charge is -2.23. The van der Waals surface area contributed by atoms with Gasteiger partial charge in [-0.3, -0.25) is 24.9 Å². The maximum atomic E-state index is 12.4. The molecule has 1 aromatic heterocycles. The lowest BCUT2D eigenvalue weighted by Crippen LogP contribution is -2.51. The van der Waals surface area contributed by atoms with Crippen LogP contribution in [-0.2, 0) is 16.1 Å². The molecule has 0 fully saturated rings. The molecule has 168 valence electrons. The highest BCUT2D eigenvalue weighted by atomic mass is 16.4. The van der Waals surface area contributed by atoms with E-state index in [0.29, 0.717) is 22.8 Å². The maximum Gasteiger partial charge on any atom is 0.306 e. The lowest BCUT2D eigenvalue weighted by molar-refractivity contribution is -0.142. The number of nitrogens with zero attached hydrogens (tertiary/aromatic N) is 2. The van der Waals surface area contributed by atoms with Gasteiger partial charge in [0.25, 0.3) is 5.91 Å². The lowest BCUT2D eigenvalue weighted by atomic mass is 9.94. The van der Waals surface area contributed by atoms with E-state index < -0.39 is 30.1 Å². The number of rotatable bonds is 10. The topological polar surface area (TPSA) is 197 Å². The molecular weight excluding hydrogens is 420 g/mol. The first-order chi connectivity index (χ1) is 15.2. The standard InChI is InChI=1S/C20H22N6O6/c21-20-25-17-16(18(30)26-20)24-13(9-23-17)8-22-12-4-1-10(2-5-12)14(27)7-11(19(31)32)3-6-15(28)29/h1-2,4-5,9,11,20,22H,3,6-8,21H2,(H,23,25)(H,26,30)(H,28,29)(H,31,32). The average molecular weight is 442 g/mol. The summed E-state index contributed by atoms with van der Waals surface area (Å²) in [4.78, 5) is 54.7. The fourth-order valence-corrected chi connectivity index (χ4v) is 3.09. The van der Waals surface area contributed by atoms with Crippen LogP contribution in [0.3, 0.4) is 0 Å². The van der Waals surface area contributed by atoms with E-state index in [0.717, 1.165) is 0 Å². The number of carbonyl (C=O) groups excluding carboxylic acids is 2. The van der Waals surface area contributed by atoms with Gasteiger partial charge < -0.3 is 26.2 Å². The van der Waals surface area contributed by atoms with E-state index in [2.05, 4.69) is 25.9 Å². The van der Waals surface area contributed by atoms with Crippen LogP contribution in [0.2, 0.25) is 0 Å². The van der Waals surface area contributed by atoms with Crippen molar-refractivity contribution < 1.29 is 29.4 Å². The van der Waals surface area contributed by atoms with Gasteiger partial charge in [0.2, 0.25) is 0 Å². The fraction of sp³-hybridized carbons (Fsp3) is 0.300. The molecule has 2 unspecified atom stereocenters. The van der Waals surface area contributed by atoms with Crippen LogP contribution in [0.15, 0.2) is 30.5 Å². The third-order valence-corrected chi connectivity index (χ3v) is 4.78. The molecule has 1 amide bonds. The van der Waals surface area contributed by atoms with Gasteiger partial charge in [-0.15, -0.1) is 0 Å². The van der Waals surface area contributed by atoms with Gasteiger partial charge in [-0.05, 0) is 30.7 Å². The van der Waals surface area contributed by atoms with Gasteiger partial charge in [-0.1, -0.05) is 0 Å². The number of benzene rings is 1. The second kappa shape index (κ2) is 9.83. The van der Waals surface area contributed by atoms with Crippen molar-refractivity contribution in [1.29, 1.82) is 0 Å². The molecule has 0 bridgehead atoms. The molecule has 1 aromatic carbocycles. The number of fused-ring (bicyclic) bond motifs is 1. The zero-order chi connectivity index (χ0) is 23.3. The number of nitrogens with two attached hydrogens (primary N) is 1. The molecule has 2 aromatic rings. The van der Waals surface area contributed by atoms with Crippen LogP contribution in [0.5, 0.6) is 0 Å². The van der Waals surface area contributed by atoms with Crippen LogP contribution < -0.4 is 21.7 Å². The average Bonchev–Trinajstić information content (AvgIpc) is 2.75. The number of hydrogen-bond acceptors (Lipinski definition) is 9. The molecule has 12 nitrogen and oxygen atoms in total. The van der Waals surface area contributed by atoms with Crippen molar-refractivity contribution >= 4 is 35.1 Å². The van der Waals surface area contributed by atoms with Crippen LogP contribution in [-0.4, -0.2) is 50.1 Å². The Labute approximate surface area is 182 Å². The smallest absolute Gasteiger partial charge is 0.306 e. The Hall–Kier alpha value is -4.06. The van der Waals surface area contributed by atoms with Crippen molar-refractivity contribution in [2.45, 2.75) is 32.1 Å². The molecule has 0 saturated heterocycles. The van der Waals surface area contributed by atoms with E-state index in [1.807, 2.05) is 0 Å². The highest BCUT2D eigenvalue weighted by Gasteiger charge is 2.24. The predicted molar refractivity (Wildman–Crippen MR) is 112 cm³/mol. The second-order valence-electron chi connectivity index (χ2n) is 7.18. The first-order valence-corrected chi connectivity index (χ1v) is 9.73. The summed E-state index contributed by atoms with van der Waals surface area (Å²) in [6, 6.07) is 6.41. The van der Waals surface area contributed by atoms with Crippen molar-refractivity contribution in [2.24, 2.45) is 11.7 Å². The number of hydrogen-bond donors (Lipinski definition) is 6. The summed E-state index contributed by atoms with van der Waals surface area (Å²) in [7, 11) is 0. The van der Waals surface area contributed by atoms with Gasteiger partial charge >= 0.3 is 11.9 Å². The molecule has 2 atom stereocenters. The molecule has 2 heterocycles. The van der Waals surface area contributed by atoms with Crippen molar-refractivity contribution in [1.82, 2.24) is 15.3 Å². The summed E-state index contributed by atoms with van der Waals surface area (Å²) in [6.45, 7) is 0.267. The molecule has 7 N–H and O–H groups in total. The molecule has 1 aliphatic rings. The van der Waals surface area contributed by atoms with Gasteiger partial charge in [0.15, 0.2) is 23.6 Å². The molecular formula is C20H22N6O6. The second-order valence-corrected chi connectivity index (χ2v) is 7.18. The van der Waals surface area contributed by atoms with E-state index >= 15 is 0 Å². The van der Waals surface area contributed by atoms with Crippen LogP contribution >= 0.6 is 0 Å². The summed E-state index contributed by atoms with van der Waals surface area (Å²) in [5.41, 5.74) is 7.27. The summed E-state index contributed by atoms with van der Waals surface area (Å²) in [6.07, 6.45) is 0.0727. The number of aliphatic carboxylic acids is 2. The van der Waals surface area contributed by atoms with Gasteiger partial charge in [0.05, 0.1) is 24.4 Å². The van der Waals surface area contributed by atoms with Gasteiger partial charge in [-0.25, -0.2) is 9.97 Å². The number of nitrogens with one attached hydrogen (secondary N) is 3. The van der Waals surface area contributed by atoms with Gasteiger partial charge in [0, 0.05) is 24.1 Å². The zero-order valence-corrected chi connectivity index (χ0v) is 16.9. The van der Waals surface area contributed by atoms with E-state index in [4.69, 9.17) is 10.8 Å². The van der Waals surface area contributed by atoms with Crippen LogP contribution in [0.1, 0.15) is 45.8 Å². The number of amides is 1. The largest absolute Gasteiger partial charge is 0.481 e. The van der Waals surface area contributed by atoms with Crippen molar-refractivity contribution in [2.75, 3.05) is 10.6 Å². The summed E-state index contributed by atoms with van der Waals surface area (Å²) < 4.78 is 0. The first-order valence-electron chi connectivity index (χ1n) is 9.73. The summed E-state index contributed by atoms with van der Waals surface area (Å²) in [5.74, 6) is -3.87. The molecule has 3 rings (SSSR count). The van der Waals surface area contributed by atoms with Crippen molar-refractivity contribution in [3.8, 4) is 0 Å². The Balaban J connectivity index is 1.58. The Kier molecular flexibility index (Phi) is 6.95. The van der Waals surface area contributed by atoms with E-state index in [-0.39, 0.29) is 37.3 Å². The Morgan fingerprint density at radius 2 is 1.88 bits per heavy atom. The number of carbonyl (C=O) groups is 4. The number of carboxylic acids is 2. The van der Waals surface area contributed by atoms with Crippen molar-refractivity contribution in [3.63, 3.8) is 0 Å². The molecule has 0 saturated carbocycles. The summed E-state index contributed by atoms with van der Waals surface area (Å²) in [5, 5.41) is 26.3. The van der Waals surface area contributed by atoms with Crippen LogP contribution in [0.25, 0.3) is 0 Å². The highest BCUT2D eigenvalue weighted by Crippen LogP contribution is 2.19. The Bertz CT molecular complexity index is 1040. The van der Waals surface area contributed by atoms with Crippen LogP contribution in [0.4, 0.5) is 11.5 Å². The highest BCUT2D eigenvalue weighted by molar-refractivity contribution is 5.99. The number of Topliss-reactive ketones (excluding diaryl/α,β-unsaturated/α-hetero) is 1.